The van der Waals surface area contributed by atoms with Gasteiger partial charge in [-0.25, -0.2) is 9.59 Å². The topological polar surface area (TPSA) is 233 Å². The summed E-state index contributed by atoms with van der Waals surface area (Å²) in [7, 11) is 3.95. The average molecular weight is 1040 g/mol. The Morgan fingerprint density at radius 2 is 0.973 bits per heavy atom. The summed E-state index contributed by atoms with van der Waals surface area (Å²) in [5.74, 6) is -3.53. The number of carboxylic acid groups (broad SMARTS) is 2. The Hall–Kier alpha value is -8.70. The zero-order valence-electron chi connectivity index (χ0n) is 40.1. The molecule has 4 aliphatic rings. The van der Waals surface area contributed by atoms with Crippen molar-refractivity contribution in [1.82, 2.24) is 20.4 Å². The highest BCUT2D eigenvalue weighted by molar-refractivity contribution is 6.08. The number of benzene rings is 4. The van der Waals surface area contributed by atoms with Crippen LogP contribution in [0.5, 0.6) is 0 Å². The summed E-state index contributed by atoms with van der Waals surface area (Å²) in [4.78, 5) is 80.2. The highest BCUT2D eigenvalue weighted by Gasteiger charge is 2.47. The van der Waals surface area contributed by atoms with E-state index in [1.807, 2.05) is 26.2 Å². The van der Waals surface area contributed by atoms with Gasteiger partial charge >= 0.3 is 24.4 Å². The van der Waals surface area contributed by atoms with Gasteiger partial charge in [-0.2, -0.15) is 36.9 Å². The minimum absolute atomic E-state index is 0.0505. The van der Waals surface area contributed by atoms with Crippen LogP contribution in [0.2, 0.25) is 0 Å². The fraction of sp³-hybridized carbons (Fsp3) is 0.308. The lowest BCUT2D eigenvalue weighted by atomic mass is 9.94. The molecule has 0 radical (unpaired) electrons. The minimum atomic E-state index is -4.68. The van der Waals surface area contributed by atoms with Crippen LogP contribution in [0.3, 0.4) is 0 Å². The summed E-state index contributed by atoms with van der Waals surface area (Å²) >= 11 is 0. The molecule has 0 saturated carbocycles. The van der Waals surface area contributed by atoms with Crippen molar-refractivity contribution in [1.29, 1.82) is 10.5 Å². The number of nitrogens with one attached hydrogen (secondary N) is 2. The molecular weight excluding hydrogens is 993 g/mol. The lowest BCUT2D eigenvalue weighted by Crippen LogP contribution is -2.47. The second-order valence-corrected chi connectivity index (χ2v) is 18.5. The molecular formula is C52H46F6N9O8-. The van der Waals surface area contributed by atoms with E-state index in [1.54, 1.807) is 58.3 Å². The van der Waals surface area contributed by atoms with Crippen LogP contribution in [0.4, 0.5) is 47.3 Å². The van der Waals surface area contributed by atoms with Crippen molar-refractivity contribution in [3.05, 3.63) is 153 Å². The summed E-state index contributed by atoms with van der Waals surface area (Å²) in [6, 6.07) is 22.0. The molecule has 0 spiro atoms. The summed E-state index contributed by atoms with van der Waals surface area (Å²) in [5, 5.41) is 43.2. The summed E-state index contributed by atoms with van der Waals surface area (Å²) in [5.41, 5.74) is 0.587. The third-order valence-corrected chi connectivity index (χ3v) is 12.9. The number of amides is 6. The molecule has 23 heteroatoms. The zero-order valence-corrected chi connectivity index (χ0v) is 40.1. The van der Waals surface area contributed by atoms with E-state index in [2.05, 4.69) is 10.6 Å². The van der Waals surface area contributed by atoms with Gasteiger partial charge in [0.2, 0.25) is 0 Å². The van der Waals surface area contributed by atoms with E-state index in [9.17, 15) is 75.8 Å². The van der Waals surface area contributed by atoms with Gasteiger partial charge in [0.15, 0.2) is 0 Å². The number of nitriles is 2. The predicted molar refractivity (Wildman–Crippen MR) is 250 cm³/mol. The first-order valence-electron chi connectivity index (χ1n) is 23.2. The Balaban J connectivity index is 0.000000947. The summed E-state index contributed by atoms with van der Waals surface area (Å²) < 4.78 is 83.1. The van der Waals surface area contributed by atoms with E-state index < -0.39 is 84.2 Å². The van der Waals surface area contributed by atoms with Crippen molar-refractivity contribution in [3.63, 3.8) is 0 Å². The fourth-order valence-electron chi connectivity index (χ4n) is 9.24. The van der Waals surface area contributed by atoms with Gasteiger partial charge in [0.1, 0.15) is 0 Å². The second kappa shape index (κ2) is 21.8. The molecule has 4 aromatic carbocycles. The number of nitrogens with zero attached hydrogens (tertiary/aromatic N) is 7. The van der Waals surface area contributed by atoms with Crippen LogP contribution >= 0.6 is 0 Å². The molecule has 8 rings (SSSR count). The van der Waals surface area contributed by atoms with Gasteiger partial charge in [-0.1, -0.05) is 36.4 Å². The van der Waals surface area contributed by atoms with Gasteiger partial charge in [-0.3, -0.25) is 19.4 Å². The molecule has 0 aromatic heterocycles. The largest absolute Gasteiger partial charge is 0.550 e. The lowest BCUT2D eigenvalue weighted by Gasteiger charge is -2.34. The quantitative estimate of drug-likeness (QED) is 0.119. The number of quaternary nitrogens is 1. The van der Waals surface area contributed by atoms with E-state index in [0.29, 0.717) is 52.7 Å². The van der Waals surface area contributed by atoms with Crippen LogP contribution in [0.25, 0.3) is 0 Å². The number of hydrogen-bond acceptors (Lipinski definition) is 10. The Kier molecular flexibility index (Phi) is 15.7. The van der Waals surface area contributed by atoms with Gasteiger partial charge < -0.3 is 44.7 Å². The number of carbonyl (C=O) groups is 6. The van der Waals surface area contributed by atoms with Crippen molar-refractivity contribution >= 4 is 47.2 Å². The second-order valence-electron chi connectivity index (χ2n) is 18.5. The van der Waals surface area contributed by atoms with Crippen molar-refractivity contribution < 1.29 is 69.8 Å². The van der Waals surface area contributed by atoms with Crippen molar-refractivity contribution in [3.8, 4) is 12.1 Å². The minimum Gasteiger partial charge on any atom is -0.550 e. The lowest BCUT2D eigenvalue weighted by molar-refractivity contribution is -0.890. The maximum atomic E-state index is 14.2. The zero-order chi connectivity index (χ0) is 54.6. The van der Waals surface area contributed by atoms with Crippen LogP contribution in [-0.4, -0.2) is 103 Å². The van der Waals surface area contributed by atoms with Crippen LogP contribution in [-0.2, 0) is 31.5 Å². The molecule has 75 heavy (non-hydrogen) atoms. The van der Waals surface area contributed by atoms with E-state index in [-0.39, 0.29) is 60.1 Å². The molecule has 0 saturated heterocycles. The Morgan fingerprint density at radius 1 is 0.613 bits per heavy atom. The number of rotatable bonds is 15. The normalized spacial score (nSPS) is 17.7. The Morgan fingerprint density at radius 3 is 1.29 bits per heavy atom. The SMILES string of the molecule is C[N+](C)(CCCN1CC2=C(C1=O)[C@@H](c1ccc(C#N)cc1)NC(=O)N2c1cccc(C(F)(F)F)c1)CCCN1CC2=C(C1=O)[C@@H](c1ccc(C#N)cc1)NC(=O)N2c1cccc(C(F)(F)F)c1.O=C([O-])CCC(=O)[O-]. The number of alkyl halides is 6. The first-order chi connectivity index (χ1) is 35.4. The number of anilines is 2. The molecule has 17 nitrogen and oxygen atoms in total. The maximum Gasteiger partial charge on any atom is 0.416 e. The molecule has 390 valence electrons. The molecule has 0 aliphatic carbocycles. The molecule has 4 aromatic rings. The van der Waals surface area contributed by atoms with Gasteiger partial charge in [-0.15, -0.1) is 0 Å². The number of aliphatic carboxylic acids is 2. The van der Waals surface area contributed by atoms with Crippen molar-refractivity contribution in [2.24, 2.45) is 0 Å². The molecule has 4 aliphatic heterocycles. The molecule has 0 bridgehead atoms. The Labute approximate surface area is 425 Å². The maximum absolute atomic E-state index is 14.2. The van der Waals surface area contributed by atoms with Crippen LogP contribution in [0.15, 0.2) is 120 Å². The smallest absolute Gasteiger partial charge is 0.416 e. The highest BCUT2D eigenvalue weighted by atomic mass is 19.4. The summed E-state index contributed by atoms with van der Waals surface area (Å²) in [6.07, 6.45) is -9.34. The van der Waals surface area contributed by atoms with Gasteiger partial charge in [0.05, 0.1) is 121 Å². The van der Waals surface area contributed by atoms with Gasteiger partial charge in [0, 0.05) is 37.9 Å². The van der Waals surface area contributed by atoms with Crippen LogP contribution in [0.1, 0.15) is 71.1 Å². The van der Waals surface area contributed by atoms with Crippen molar-refractivity contribution in [2.45, 2.75) is 50.1 Å². The number of hydrogen-bond donors (Lipinski definition) is 2. The van der Waals surface area contributed by atoms with E-state index in [1.165, 1.54) is 24.3 Å². The summed E-state index contributed by atoms with van der Waals surface area (Å²) in [6.45, 7) is 1.47. The molecule has 2 atom stereocenters. The first kappa shape index (κ1) is 54.1. The number of carbonyl (C=O) groups excluding carboxylic acids is 6. The van der Waals surface area contributed by atoms with E-state index in [4.69, 9.17) is 0 Å². The van der Waals surface area contributed by atoms with Gasteiger partial charge in [0.25, 0.3) is 11.8 Å². The molecule has 6 amide bonds. The monoisotopic (exact) mass is 1040 g/mol. The molecule has 2 N–H and O–H groups in total. The molecule has 0 fully saturated rings. The van der Waals surface area contributed by atoms with E-state index in [0.717, 1.165) is 34.1 Å². The van der Waals surface area contributed by atoms with Crippen molar-refractivity contribution in [2.75, 3.05) is 63.2 Å². The molecule has 0 unspecified atom stereocenters. The van der Waals surface area contributed by atoms with Gasteiger partial charge in [-0.05, 0) is 84.6 Å². The third-order valence-electron chi connectivity index (χ3n) is 12.9. The van der Waals surface area contributed by atoms with E-state index >= 15 is 0 Å². The average Bonchev–Trinajstić information content (AvgIpc) is 3.86. The highest BCUT2D eigenvalue weighted by Crippen LogP contribution is 2.42. The Bertz CT molecular complexity index is 2870. The van der Waals surface area contributed by atoms with Crippen LogP contribution < -0.4 is 30.6 Å². The van der Waals surface area contributed by atoms with Crippen LogP contribution in [0, 0.1) is 22.7 Å². The number of halogens is 6. The number of carboxylic acids is 2. The number of urea groups is 2. The molecule has 4 heterocycles. The fourth-order valence-corrected chi connectivity index (χ4v) is 9.24. The third kappa shape index (κ3) is 12.2. The predicted octanol–water partition coefficient (Wildman–Crippen LogP) is 5.03. The standard InChI is InChI=1S/C48H41F6N9O4.C4H6O4/c1-63(2,21-5-19-59-27-37-39(43(59)64)41(31-15-11-29(25-55)12-16-31)57-45(66)61(37)35-9-3-7-33(23-35)47(49,50)51)22-6-20-60-28-38-40(44(60)65)42(32-17-13-30(26-56)14-18-32)58-46(67)62(38)36-10-4-8-34(24-36)48(52,53)54;5-3(6)1-2-4(7)8/h3-4,7-18,23-24,41-42H,5-6,19-22,27-28H2,1-2H3,(H-,57,58,66,67);1-2H2,(H,5,6)(H,7,8)/p-1/t41-,42-;/m1./s1. The first-order valence-corrected chi connectivity index (χ1v) is 23.2.